The lowest BCUT2D eigenvalue weighted by molar-refractivity contribution is -0.147. The van der Waals surface area contributed by atoms with Crippen LogP contribution in [0, 0.1) is 0 Å². The van der Waals surface area contributed by atoms with Crippen molar-refractivity contribution < 1.29 is 35.9 Å². The first-order valence-electron chi connectivity index (χ1n) is 10.5. The summed E-state index contributed by atoms with van der Waals surface area (Å²) in [6.45, 7) is -0.875. The minimum Gasteiger partial charge on any atom is -0.325 e. The van der Waals surface area contributed by atoms with E-state index in [9.17, 15) is 35.9 Å². The zero-order valence-electron chi connectivity index (χ0n) is 18.7. The van der Waals surface area contributed by atoms with Gasteiger partial charge in [0.25, 0.3) is 5.91 Å². The van der Waals surface area contributed by atoms with Gasteiger partial charge in [0.2, 0.25) is 11.7 Å². The van der Waals surface area contributed by atoms with Gasteiger partial charge in [-0.3, -0.25) is 9.59 Å². The first kappa shape index (κ1) is 27.3. The lowest BCUT2D eigenvalue weighted by Crippen LogP contribution is -2.23. The molecule has 0 saturated heterocycles. The molecule has 0 aliphatic rings. The number of nitrogens with one attached hydrogen (secondary N) is 2. The molecule has 4 rings (SSSR count). The number of fused-ring (bicyclic) bond motifs is 1. The second-order valence-electron chi connectivity index (χ2n) is 7.87. The van der Waals surface area contributed by atoms with Gasteiger partial charge in [-0.15, -0.1) is 0 Å². The summed E-state index contributed by atoms with van der Waals surface area (Å²) < 4.78 is 80.3. The Bertz CT molecular complexity index is 1510. The molecule has 1 aromatic heterocycles. The molecule has 0 bridgehead atoms. The van der Waals surface area contributed by atoms with E-state index >= 15 is 0 Å². The van der Waals surface area contributed by atoms with E-state index in [2.05, 4.69) is 15.6 Å². The number of anilines is 2. The number of para-hydroxylation sites is 1. The first-order valence-corrected chi connectivity index (χ1v) is 11.3. The van der Waals surface area contributed by atoms with E-state index in [-0.39, 0.29) is 38.0 Å². The Hall–Kier alpha value is -3.77. The van der Waals surface area contributed by atoms with E-state index in [1.165, 1.54) is 36.4 Å². The molecule has 1 heterocycles. The van der Waals surface area contributed by atoms with Crippen LogP contribution in [-0.2, 0) is 23.7 Å². The van der Waals surface area contributed by atoms with Crippen molar-refractivity contribution >= 4 is 57.4 Å². The summed E-state index contributed by atoms with van der Waals surface area (Å²) in [6.07, 6.45) is -9.58. The molecule has 2 N–H and O–H groups in total. The standard InChI is InChI=1S/C24H14Cl2F6N4O2/c25-14-3-1-4-15(26)19(14)21(38)34-16-5-2-6-17-20(16)35-22(24(30,31)32)36(17)11-18(37)33-13-9-7-12(8-10-13)23(27,28)29/h1-10H,11H2,(H,33,37)(H,34,38). The Balaban J connectivity index is 1.66. The summed E-state index contributed by atoms with van der Waals surface area (Å²) in [4.78, 5) is 29.0. The van der Waals surface area contributed by atoms with Gasteiger partial charge in [0, 0.05) is 5.69 Å². The van der Waals surface area contributed by atoms with Gasteiger partial charge >= 0.3 is 12.4 Å². The molecule has 6 nitrogen and oxygen atoms in total. The molecule has 14 heteroatoms. The molecule has 2 amide bonds. The van der Waals surface area contributed by atoms with Crippen molar-refractivity contribution in [1.82, 2.24) is 9.55 Å². The molecule has 198 valence electrons. The van der Waals surface area contributed by atoms with Crippen molar-refractivity contribution in [1.29, 1.82) is 0 Å². The van der Waals surface area contributed by atoms with Crippen LogP contribution in [0.1, 0.15) is 21.7 Å². The van der Waals surface area contributed by atoms with E-state index in [0.29, 0.717) is 4.57 Å². The van der Waals surface area contributed by atoms with Gasteiger partial charge in [-0.2, -0.15) is 26.3 Å². The smallest absolute Gasteiger partial charge is 0.325 e. The molecule has 0 spiro atoms. The highest BCUT2D eigenvalue weighted by Gasteiger charge is 2.38. The number of hydrogen-bond donors (Lipinski definition) is 2. The van der Waals surface area contributed by atoms with Crippen molar-refractivity contribution in [3.8, 4) is 0 Å². The number of carbonyl (C=O) groups excluding carboxylic acids is 2. The van der Waals surface area contributed by atoms with Gasteiger partial charge in [-0.05, 0) is 48.5 Å². The Labute approximate surface area is 220 Å². The summed E-state index contributed by atoms with van der Waals surface area (Å²) in [7, 11) is 0. The SMILES string of the molecule is O=C(Cn1c(C(F)(F)F)nc2c(NC(=O)c3c(Cl)cccc3Cl)cccc21)Nc1ccc(C(F)(F)F)cc1. The largest absolute Gasteiger partial charge is 0.449 e. The number of nitrogens with zero attached hydrogens (tertiary/aromatic N) is 2. The molecule has 0 atom stereocenters. The number of carbonyl (C=O) groups is 2. The lowest BCUT2D eigenvalue weighted by atomic mass is 10.2. The zero-order valence-corrected chi connectivity index (χ0v) is 20.2. The molecule has 3 aromatic carbocycles. The lowest BCUT2D eigenvalue weighted by Gasteiger charge is -2.12. The number of hydrogen-bond acceptors (Lipinski definition) is 3. The molecule has 0 aliphatic carbocycles. The van der Waals surface area contributed by atoms with Gasteiger partial charge in [0.05, 0.1) is 32.4 Å². The predicted octanol–water partition coefficient (Wildman–Crippen LogP) is 7.27. The summed E-state index contributed by atoms with van der Waals surface area (Å²) >= 11 is 12.1. The van der Waals surface area contributed by atoms with Crippen LogP contribution in [0.2, 0.25) is 10.0 Å². The number of benzene rings is 3. The molecule has 0 saturated carbocycles. The number of amides is 2. The highest BCUT2D eigenvalue weighted by atomic mass is 35.5. The van der Waals surface area contributed by atoms with Gasteiger partial charge in [-0.1, -0.05) is 35.3 Å². The normalized spacial score (nSPS) is 12.0. The van der Waals surface area contributed by atoms with E-state index in [1.54, 1.807) is 0 Å². The van der Waals surface area contributed by atoms with E-state index < -0.39 is 42.1 Å². The minimum atomic E-state index is -4.99. The van der Waals surface area contributed by atoms with E-state index in [0.717, 1.165) is 24.3 Å². The number of imidazole rings is 1. The quantitative estimate of drug-likeness (QED) is 0.246. The third-order valence-electron chi connectivity index (χ3n) is 5.27. The average Bonchev–Trinajstić information content (AvgIpc) is 3.18. The maximum atomic E-state index is 13.8. The van der Waals surface area contributed by atoms with Crippen molar-refractivity contribution in [3.63, 3.8) is 0 Å². The average molecular weight is 575 g/mol. The van der Waals surface area contributed by atoms with Gasteiger partial charge < -0.3 is 15.2 Å². The molecule has 38 heavy (non-hydrogen) atoms. The fourth-order valence-corrected chi connectivity index (χ4v) is 4.18. The van der Waals surface area contributed by atoms with Crippen LogP contribution in [0.3, 0.4) is 0 Å². The zero-order chi connectivity index (χ0) is 27.8. The summed E-state index contributed by atoms with van der Waals surface area (Å²) in [5.41, 5.74) is -1.61. The van der Waals surface area contributed by atoms with Gasteiger partial charge in [-0.25, -0.2) is 4.98 Å². The number of alkyl halides is 6. The Morgan fingerprint density at radius 3 is 2.00 bits per heavy atom. The van der Waals surface area contributed by atoms with Crippen LogP contribution in [-0.4, -0.2) is 21.4 Å². The maximum absolute atomic E-state index is 13.8. The fraction of sp³-hybridized carbons (Fsp3) is 0.125. The summed E-state index contributed by atoms with van der Waals surface area (Å²) in [5.74, 6) is -3.17. The second kappa shape index (κ2) is 10.2. The maximum Gasteiger partial charge on any atom is 0.449 e. The van der Waals surface area contributed by atoms with Crippen LogP contribution < -0.4 is 10.6 Å². The topological polar surface area (TPSA) is 76.0 Å². The minimum absolute atomic E-state index is 0.0172. The third-order valence-corrected chi connectivity index (χ3v) is 5.90. The molecular weight excluding hydrogens is 561 g/mol. The van der Waals surface area contributed by atoms with Crippen molar-refractivity contribution in [2.24, 2.45) is 0 Å². The summed E-state index contributed by atoms with van der Waals surface area (Å²) in [5, 5.41) is 4.74. The van der Waals surface area contributed by atoms with Gasteiger partial charge in [0.1, 0.15) is 12.1 Å². The van der Waals surface area contributed by atoms with Crippen molar-refractivity contribution in [2.75, 3.05) is 10.6 Å². The van der Waals surface area contributed by atoms with Crippen LogP contribution in [0.25, 0.3) is 11.0 Å². The molecule has 0 radical (unpaired) electrons. The van der Waals surface area contributed by atoms with Crippen LogP contribution in [0.4, 0.5) is 37.7 Å². The Morgan fingerprint density at radius 1 is 0.816 bits per heavy atom. The number of rotatable bonds is 5. The van der Waals surface area contributed by atoms with Crippen LogP contribution in [0.15, 0.2) is 60.7 Å². The molecule has 0 unspecified atom stereocenters. The number of halogens is 8. The second-order valence-corrected chi connectivity index (χ2v) is 8.68. The highest BCUT2D eigenvalue weighted by molar-refractivity contribution is 6.40. The summed E-state index contributed by atoms with van der Waals surface area (Å²) in [6, 6.07) is 11.7. The predicted molar refractivity (Wildman–Crippen MR) is 129 cm³/mol. The molecule has 4 aromatic rings. The van der Waals surface area contributed by atoms with Crippen LogP contribution in [0.5, 0.6) is 0 Å². The monoisotopic (exact) mass is 574 g/mol. The van der Waals surface area contributed by atoms with E-state index in [4.69, 9.17) is 23.2 Å². The highest BCUT2D eigenvalue weighted by Crippen LogP contribution is 2.35. The molecule has 0 aliphatic heterocycles. The molecule has 0 fully saturated rings. The van der Waals surface area contributed by atoms with Gasteiger partial charge in [0.15, 0.2) is 0 Å². The molecular formula is C24H14Cl2F6N4O2. The van der Waals surface area contributed by atoms with E-state index in [1.807, 2.05) is 0 Å². The Morgan fingerprint density at radius 2 is 1.42 bits per heavy atom. The van der Waals surface area contributed by atoms with Crippen LogP contribution >= 0.6 is 23.2 Å². The third kappa shape index (κ3) is 5.70. The fourth-order valence-electron chi connectivity index (χ4n) is 3.61. The van der Waals surface area contributed by atoms with Crippen molar-refractivity contribution in [3.05, 3.63) is 87.7 Å². The van der Waals surface area contributed by atoms with Crippen molar-refractivity contribution in [2.45, 2.75) is 18.9 Å². The first-order chi connectivity index (χ1) is 17.8. The Kier molecular flexibility index (Phi) is 7.31. The number of aromatic nitrogens is 2.